The van der Waals surface area contributed by atoms with Gasteiger partial charge < -0.3 is 10.4 Å². The van der Waals surface area contributed by atoms with Gasteiger partial charge in [0.1, 0.15) is 17.0 Å². The summed E-state index contributed by atoms with van der Waals surface area (Å²) in [6.45, 7) is 3.24. The Hall–Kier alpha value is -3.78. The third-order valence-corrected chi connectivity index (χ3v) is 4.32. The maximum absolute atomic E-state index is 12.8. The van der Waals surface area contributed by atoms with Gasteiger partial charge in [0.15, 0.2) is 0 Å². The molecule has 0 unspecified atom stereocenters. The fourth-order valence-corrected chi connectivity index (χ4v) is 2.93. The van der Waals surface area contributed by atoms with E-state index in [0.29, 0.717) is 22.8 Å². The van der Waals surface area contributed by atoms with Crippen LogP contribution < -0.4 is 5.32 Å². The highest BCUT2D eigenvalue weighted by Gasteiger charge is 2.26. The van der Waals surface area contributed by atoms with E-state index < -0.39 is 11.5 Å². The van der Waals surface area contributed by atoms with Crippen molar-refractivity contribution in [3.05, 3.63) is 78.4 Å². The summed E-state index contributed by atoms with van der Waals surface area (Å²) in [5, 5.41) is 24.6. The average Bonchev–Trinajstić information content (AvgIpc) is 3.39. The molecule has 1 amide bonds. The molecule has 3 N–H and O–H groups in total. The maximum atomic E-state index is 12.8. The van der Waals surface area contributed by atoms with Crippen molar-refractivity contribution in [1.82, 2.24) is 25.0 Å². The summed E-state index contributed by atoms with van der Waals surface area (Å²) in [5.74, 6) is -0.399. The Balaban J connectivity index is 1.66. The zero-order valence-corrected chi connectivity index (χ0v) is 16.0. The highest BCUT2D eigenvalue weighted by molar-refractivity contribution is 6.03. The third-order valence-electron chi connectivity index (χ3n) is 4.32. The van der Waals surface area contributed by atoms with Crippen molar-refractivity contribution in [2.45, 2.75) is 19.4 Å². The standard InChI is InChI=1S/C21H20N6O2/c1-21(2,29)19-18(13-27(26-19)14-7-4-3-5-8-14)24-20(28)17-10-6-9-15(23-17)16-11-12-22-25-16/h3-13,29H,1-2H3,(H,22,25)(H,24,28). The lowest BCUT2D eigenvalue weighted by molar-refractivity contribution is 0.0741. The van der Waals surface area contributed by atoms with Crippen LogP contribution in [-0.2, 0) is 5.60 Å². The maximum Gasteiger partial charge on any atom is 0.274 e. The number of nitrogens with zero attached hydrogens (tertiary/aromatic N) is 4. The van der Waals surface area contributed by atoms with Crippen molar-refractivity contribution in [3.8, 4) is 17.1 Å². The number of H-pyrrole nitrogens is 1. The summed E-state index contributed by atoms with van der Waals surface area (Å²) in [6, 6.07) is 16.4. The number of carbonyl (C=O) groups is 1. The van der Waals surface area contributed by atoms with E-state index in [4.69, 9.17) is 0 Å². The zero-order chi connectivity index (χ0) is 20.4. The van der Waals surface area contributed by atoms with E-state index >= 15 is 0 Å². The molecule has 4 rings (SSSR count). The first-order chi connectivity index (χ1) is 13.9. The number of anilines is 1. The monoisotopic (exact) mass is 388 g/mol. The molecule has 146 valence electrons. The van der Waals surface area contributed by atoms with Crippen LogP contribution in [0.3, 0.4) is 0 Å². The summed E-state index contributed by atoms with van der Waals surface area (Å²) in [4.78, 5) is 17.2. The van der Waals surface area contributed by atoms with Crippen LogP contribution in [0, 0.1) is 0 Å². The molecule has 0 atom stereocenters. The minimum absolute atomic E-state index is 0.242. The fourth-order valence-electron chi connectivity index (χ4n) is 2.93. The summed E-state index contributed by atoms with van der Waals surface area (Å²) in [6.07, 6.45) is 3.30. The molecule has 0 fully saturated rings. The normalized spacial score (nSPS) is 11.4. The Bertz CT molecular complexity index is 1130. The van der Waals surface area contributed by atoms with Gasteiger partial charge in [-0.05, 0) is 44.2 Å². The summed E-state index contributed by atoms with van der Waals surface area (Å²) >= 11 is 0. The molecule has 3 aromatic heterocycles. The Kier molecular flexibility index (Phi) is 4.69. The van der Waals surface area contributed by atoms with E-state index in [0.717, 1.165) is 5.69 Å². The molecule has 4 aromatic rings. The van der Waals surface area contributed by atoms with Gasteiger partial charge in [-0.2, -0.15) is 10.2 Å². The molecule has 3 heterocycles. The van der Waals surface area contributed by atoms with E-state index in [9.17, 15) is 9.90 Å². The highest BCUT2D eigenvalue weighted by Crippen LogP contribution is 2.28. The number of nitrogens with one attached hydrogen (secondary N) is 2. The molecule has 0 spiro atoms. The number of aromatic nitrogens is 5. The second kappa shape index (κ2) is 7.33. The predicted octanol–water partition coefficient (Wildman–Crippen LogP) is 3.14. The molecule has 0 saturated heterocycles. The van der Waals surface area contributed by atoms with Gasteiger partial charge in [-0.15, -0.1) is 0 Å². The number of benzene rings is 1. The van der Waals surface area contributed by atoms with Crippen molar-refractivity contribution >= 4 is 11.6 Å². The number of pyridine rings is 1. The van der Waals surface area contributed by atoms with Crippen LogP contribution in [0.25, 0.3) is 17.1 Å². The second-order valence-corrected chi connectivity index (χ2v) is 7.06. The lowest BCUT2D eigenvalue weighted by Crippen LogP contribution is -2.21. The largest absolute Gasteiger partial charge is 0.384 e. The highest BCUT2D eigenvalue weighted by atomic mass is 16.3. The van der Waals surface area contributed by atoms with Crippen molar-refractivity contribution in [2.75, 3.05) is 5.32 Å². The lowest BCUT2D eigenvalue weighted by Gasteiger charge is -2.16. The molecule has 0 bridgehead atoms. The number of rotatable bonds is 5. The van der Waals surface area contributed by atoms with Gasteiger partial charge in [0.2, 0.25) is 0 Å². The quantitative estimate of drug-likeness (QED) is 0.487. The SMILES string of the molecule is CC(C)(O)c1nn(-c2ccccc2)cc1NC(=O)c1cccc(-c2ccn[nH]2)n1. The average molecular weight is 388 g/mol. The van der Waals surface area contributed by atoms with Crippen molar-refractivity contribution in [2.24, 2.45) is 0 Å². The Labute approximate surface area is 167 Å². The number of hydrogen-bond donors (Lipinski definition) is 3. The zero-order valence-electron chi connectivity index (χ0n) is 16.0. The summed E-state index contributed by atoms with van der Waals surface area (Å²) in [5.41, 5.74) is 1.92. The van der Waals surface area contributed by atoms with Crippen molar-refractivity contribution in [1.29, 1.82) is 0 Å². The molecule has 29 heavy (non-hydrogen) atoms. The van der Waals surface area contributed by atoms with E-state index in [-0.39, 0.29) is 5.69 Å². The number of amides is 1. The van der Waals surface area contributed by atoms with Gasteiger partial charge in [0, 0.05) is 6.20 Å². The van der Waals surface area contributed by atoms with Gasteiger partial charge in [0.05, 0.1) is 29.0 Å². The van der Waals surface area contributed by atoms with E-state index in [2.05, 4.69) is 25.6 Å². The van der Waals surface area contributed by atoms with Gasteiger partial charge in [-0.1, -0.05) is 24.3 Å². The lowest BCUT2D eigenvalue weighted by atomic mass is 10.0. The molecule has 0 radical (unpaired) electrons. The predicted molar refractivity (Wildman–Crippen MR) is 109 cm³/mol. The van der Waals surface area contributed by atoms with Crippen LogP contribution in [0.5, 0.6) is 0 Å². The van der Waals surface area contributed by atoms with E-state index in [1.54, 1.807) is 55.2 Å². The minimum Gasteiger partial charge on any atom is -0.384 e. The number of carbonyl (C=O) groups excluding carboxylic acids is 1. The Morgan fingerprint density at radius 1 is 1.10 bits per heavy atom. The first kappa shape index (κ1) is 18.6. The fraction of sp³-hybridized carbons (Fsp3) is 0.143. The van der Waals surface area contributed by atoms with Gasteiger partial charge in [0.25, 0.3) is 5.91 Å². The summed E-state index contributed by atoms with van der Waals surface area (Å²) < 4.78 is 1.62. The van der Waals surface area contributed by atoms with E-state index in [1.165, 1.54) is 0 Å². The summed E-state index contributed by atoms with van der Waals surface area (Å²) in [7, 11) is 0. The molecule has 0 saturated carbocycles. The molecule has 8 nitrogen and oxygen atoms in total. The molecule has 0 aliphatic rings. The van der Waals surface area contributed by atoms with Crippen molar-refractivity contribution in [3.63, 3.8) is 0 Å². The number of aliphatic hydroxyl groups is 1. The van der Waals surface area contributed by atoms with Gasteiger partial charge in [-0.25, -0.2) is 9.67 Å². The van der Waals surface area contributed by atoms with Crippen LogP contribution in [0.1, 0.15) is 30.0 Å². The first-order valence-corrected chi connectivity index (χ1v) is 9.08. The molecular weight excluding hydrogens is 368 g/mol. The van der Waals surface area contributed by atoms with Crippen LogP contribution in [0.15, 0.2) is 67.0 Å². The Morgan fingerprint density at radius 3 is 2.59 bits per heavy atom. The Morgan fingerprint density at radius 2 is 1.90 bits per heavy atom. The van der Waals surface area contributed by atoms with Crippen LogP contribution in [-0.4, -0.2) is 36.0 Å². The smallest absolute Gasteiger partial charge is 0.274 e. The topological polar surface area (TPSA) is 109 Å². The number of para-hydroxylation sites is 1. The number of aromatic amines is 1. The van der Waals surface area contributed by atoms with Crippen LogP contribution in [0.2, 0.25) is 0 Å². The van der Waals surface area contributed by atoms with E-state index in [1.807, 2.05) is 30.3 Å². The second-order valence-electron chi connectivity index (χ2n) is 7.06. The minimum atomic E-state index is -1.24. The number of hydrogen-bond acceptors (Lipinski definition) is 5. The van der Waals surface area contributed by atoms with Gasteiger partial charge in [-0.3, -0.25) is 9.89 Å². The van der Waals surface area contributed by atoms with Crippen molar-refractivity contribution < 1.29 is 9.90 Å². The van der Waals surface area contributed by atoms with Crippen LogP contribution >= 0.6 is 0 Å². The molecule has 0 aliphatic carbocycles. The van der Waals surface area contributed by atoms with Gasteiger partial charge >= 0.3 is 0 Å². The third kappa shape index (κ3) is 3.92. The molecule has 1 aromatic carbocycles. The molecular formula is C21H20N6O2. The molecule has 0 aliphatic heterocycles. The first-order valence-electron chi connectivity index (χ1n) is 9.08. The molecule has 8 heteroatoms. The van der Waals surface area contributed by atoms with Crippen LogP contribution in [0.4, 0.5) is 5.69 Å².